The van der Waals surface area contributed by atoms with Gasteiger partial charge >= 0.3 is 0 Å². The molecule has 1 aromatic carbocycles. The van der Waals surface area contributed by atoms with Crippen LogP contribution in [0.2, 0.25) is 0 Å². The van der Waals surface area contributed by atoms with Gasteiger partial charge in [-0.25, -0.2) is 13.4 Å². The Balaban J connectivity index is 2.15. The molecule has 20 heavy (non-hydrogen) atoms. The van der Waals surface area contributed by atoms with E-state index in [4.69, 9.17) is 0 Å². The third-order valence-electron chi connectivity index (χ3n) is 2.91. The van der Waals surface area contributed by atoms with Crippen molar-refractivity contribution in [3.8, 4) is 11.3 Å². The van der Waals surface area contributed by atoms with Crippen LogP contribution in [0, 0.1) is 0 Å². The number of aromatic nitrogens is 5. The molecule has 0 spiro atoms. The van der Waals surface area contributed by atoms with E-state index in [9.17, 15) is 8.42 Å². The Morgan fingerprint density at radius 1 is 1.20 bits per heavy atom. The molecule has 3 rings (SSSR count). The topological polar surface area (TPSA) is 90.6 Å². The van der Waals surface area contributed by atoms with Crippen molar-refractivity contribution in [2.24, 2.45) is 7.05 Å². The van der Waals surface area contributed by atoms with Gasteiger partial charge in [-0.3, -0.25) is 4.68 Å². The van der Waals surface area contributed by atoms with Crippen LogP contribution in [-0.4, -0.2) is 39.6 Å². The third-order valence-corrected chi connectivity index (χ3v) is 3.75. The van der Waals surface area contributed by atoms with Gasteiger partial charge < -0.3 is 0 Å². The molecular formula is C12H11N5O2S. The van der Waals surface area contributed by atoms with Crippen LogP contribution in [-0.2, 0) is 16.9 Å². The number of rotatable bonds is 2. The summed E-state index contributed by atoms with van der Waals surface area (Å²) >= 11 is 0. The predicted octanol–water partition coefficient (Wildman–Crippen LogP) is 0.829. The molecule has 0 radical (unpaired) electrons. The van der Waals surface area contributed by atoms with Crippen molar-refractivity contribution in [1.82, 2.24) is 25.0 Å². The molecule has 0 aliphatic heterocycles. The van der Waals surface area contributed by atoms with Gasteiger partial charge in [-0.05, 0) is 12.1 Å². The van der Waals surface area contributed by atoms with E-state index in [2.05, 4.69) is 20.3 Å². The summed E-state index contributed by atoms with van der Waals surface area (Å²) in [5.41, 5.74) is 2.22. The van der Waals surface area contributed by atoms with Crippen molar-refractivity contribution < 1.29 is 8.42 Å². The fraction of sp³-hybridized carbons (Fsp3) is 0.167. The summed E-state index contributed by atoms with van der Waals surface area (Å²) in [5, 5.41) is 12.1. The van der Waals surface area contributed by atoms with Crippen molar-refractivity contribution in [1.29, 1.82) is 0 Å². The summed E-state index contributed by atoms with van der Waals surface area (Å²) < 4.78 is 24.7. The normalized spacial score (nSPS) is 11.9. The molecule has 0 amide bonds. The van der Waals surface area contributed by atoms with Crippen LogP contribution < -0.4 is 0 Å². The van der Waals surface area contributed by atoms with Gasteiger partial charge in [0, 0.05) is 24.3 Å². The summed E-state index contributed by atoms with van der Waals surface area (Å²) in [7, 11) is -1.62. The van der Waals surface area contributed by atoms with Crippen molar-refractivity contribution in [2.75, 3.05) is 6.26 Å². The maximum atomic E-state index is 11.5. The van der Waals surface area contributed by atoms with Gasteiger partial charge in [0.15, 0.2) is 0 Å². The standard InChI is InChI=1S/C12H11N5O2S/c1-17-11-4-3-8(5-9(11)6-14-17)10-7-13-16-12(15-10)20(2,18)19/h3-7H,1-2H3. The lowest BCUT2D eigenvalue weighted by molar-refractivity contribution is 0.589. The lowest BCUT2D eigenvalue weighted by Crippen LogP contribution is -2.06. The van der Waals surface area contributed by atoms with Gasteiger partial charge in [-0.15, -0.1) is 5.10 Å². The first-order valence-electron chi connectivity index (χ1n) is 5.77. The van der Waals surface area contributed by atoms with E-state index in [1.54, 1.807) is 10.9 Å². The molecule has 0 N–H and O–H groups in total. The molecule has 3 aromatic rings. The second-order valence-corrected chi connectivity index (χ2v) is 6.35. The van der Waals surface area contributed by atoms with Crippen LogP contribution in [0.1, 0.15) is 0 Å². The molecule has 0 saturated carbocycles. The predicted molar refractivity (Wildman–Crippen MR) is 72.6 cm³/mol. The Labute approximate surface area is 115 Å². The van der Waals surface area contributed by atoms with E-state index in [-0.39, 0.29) is 5.16 Å². The van der Waals surface area contributed by atoms with E-state index in [0.29, 0.717) is 5.69 Å². The molecule has 2 aromatic heterocycles. The highest BCUT2D eigenvalue weighted by Gasteiger charge is 2.13. The first-order valence-corrected chi connectivity index (χ1v) is 7.66. The lowest BCUT2D eigenvalue weighted by atomic mass is 10.1. The number of benzene rings is 1. The molecule has 7 nitrogen and oxygen atoms in total. The van der Waals surface area contributed by atoms with Crippen LogP contribution in [0.4, 0.5) is 0 Å². The second-order valence-electron chi connectivity index (χ2n) is 4.44. The monoisotopic (exact) mass is 289 g/mol. The molecule has 2 heterocycles. The number of fused-ring (bicyclic) bond motifs is 1. The Bertz CT molecular complexity index is 901. The lowest BCUT2D eigenvalue weighted by Gasteiger charge is -2.02. The minimum atomic E-state index is -3.47. The number of hydrogen-bond acceptors (Lipinski definition) is 6. The van der Waals surface area contributed by atoms with Crippen LogP contribution in [0.15, 0.2) is 35.7 Å². The average Bonchev–Trinajstić information content (AvgIpc) is 2.79. The molecule has 0 bridgehead atoms. The molecule has 0 atom stereocenters. The summed E-state index contributed by atoms with van der Waals surface area (Å²) in [6, 6.07) is 5.64. The number of sulfone groups is 1. The number of nitrogens with zero attached hydrogens (tertiary/aromatic N) is 5. The van der Waals surface area contributed by atoms with Crippen molar-refractivity contribution in [3.05, 3.63) is 30.6 Å². The number of hydrogen-bond donors (Lipinski definition) is 0. The highest BCUT2D eigenvalue weighted by Crippen LogP contribution is 2.22. The minimum absolute atomic E-state index is 0.277. The van der Waals surface area contributed by atoms with Crippen LogP contribution in [0.5, 0.6) is 0 Å². The smallest absolute Gasteiger partial charge is 0.267 e. The zero-order valence-corrected chi connectivity index (χ0v) is 11.7. The minimum Gasteiger partial charge on any atom is -0.268 e. The van der Waals surface area contributed by atoms with Crippen molar-refractivity contribution in [3.63, 3.8) is 0 Å². The highest BCUT2D eigenvalue weighted by molar-refractivity contribution is 7.90. The Hall–Kier alpha value is -2.35. The Morgan fingerprint density at radius 2 is 2.00 bits per heavy atom. The molecule has 102 valence electrons. The zero-order chi connectivity index (χ0) is 14.3. The fourth-order valence-corrected chi connectivity index (χ4v) is 2.37. The summed E-state index contributed by atoms with van der Waals surface area (Å²) in [6.45, 7) is 0. The molecule has 8 heteroatoms. The Kier molecular flexibility index (Phi) is 2.75. The van der Waals surface area contributed by atoms with E-state index in [0.717, 1.165) is 22.7 Å². The molecule has 0 unspecified atom stereocenters. The molecule has 0 fully saturated rings. The van der Waals surface area contributed by atoms with Crippen LogP contribution >= 0.6 is 0 Å². The van der Waals surface area contributed by atoms with Gasteiger partial charge in [0.05, 0.1) is 23.6 Å². The van der Waals surface area contributed by atoms with Crippen LogP contribution in [0.25, 0.3) is 22.2 Å². The summed E-state index contributed by atoms with van der Waals surface area (Å²) in [4.78, 5) is 4.04. The third kappa shape index (κ3) is 2.14. The van der Waals surface area contributed by atoms with Gasteiger partial charge in [0.25, 0.3) is 5.16 Å². The summed E-state index contributed by atoms with van der Waals surface area (Å²) in [6.07, 6.45) is 4.23. The number of aryl methyl sites for hydroxylation is 1. The molecule has 0 aliphatic rings. The van der Waals surface area contributed by atoms with Gasteiger partial charge in [0.1, 0.15) is 0 Å². The van der Waals surface area contributed by atoms with Gasteiger partial charge in [-0.2, -0.15) is 10.2 Å². The first-order chi connectivity index (χ1) is 9.45. The fourth-order valence-electron chi connectivity index (χ4n) is 1.91. The maximum Gasteiger partial charge on any atom is 0.267 e. The Morgan fingerprint density at radius 3 is 2.75 bits per heavy atom. The van der Waals surface area contributed by atoms with Crippen molar-refractivity contribution >= 4 is 20.7 Å². The van der Waals surface area contributed by atoms with E-state index in [1.807, 2.05) is 25.2 Å². The molecule has 0 saturated heterocycles. The van der Waals surface area contributed by atoms with Gasteiger partial charge in [-0.1, -0.05) is 6.07 Å². The van der Waals surface area contributed by atoms with E-state index >= 15 is 0 Å². The largest absolute Gasteiger partial charge is 0.268 e. The molecule has 0 aliphatic carbocycles. The maximum absolute atomic E-state index is 11.5. The quantitative estimate of drug-likeness (QED) is 0.694. The average molecular weight is 289 g/mol. The second kappa shape index (κ2) is 4.34. The summed E-state index contributed by atoms with van der Waals surface area (Å²) in [5.74, 6) is 0. The van der Waals surface area contributed by atoms with Gasteiger partial charge in [0.2, 0.25) is 9.84 Å². The SMILES string of the molecule is Cn1ncc2cc(-c3cnnc(S(C)(=O)=O)n3)ccc21. The first kappa shape index (κ1) is 12.7. The van der Waals surface area contributed by atoms with E-state index in [1.165, 1.54) is 6.20 Å². The van der Waals surface area contributed by atoms with E-state index < -0.39 is 9.84 Å². The van der Waals surface area contributed by atoms with Crippen LogP contribution in [0.3, 0.4) is 0 Å². The zero-order valence-electron chi connectivity index (χ0n) is 10.8. The highest BCUT2D eigenvalue weighted by atomic mass is 32.2. The van der Waals surface area contributed by atoms with Crippen molar-refractivity contribution in [2.45, 2.75) is 5.16 Å². The molecular weight excluding hydrogens is 278 g/mol.